The van der Waals surface area contributed by atoms with Crippen LogP contribution in [-0.4, -0.2) is 22.0 Å². The molecule has 5 heteroatoms. The number of aromatic nitrogens is 2. The first kappa shape index (κ1) is 7.30. The van der Waals surface area contributed by atoms with Crippen molar-refractivity contribution in [1.82, 2.24) is 14.9 Å². The number of hydrogen-bond acceptors (Lipinski definition) is 3. The Balaban J connectivity index is 2.37. The molecule has 0 saturated heterocycles. The monoisotopic (exact) mass is 166 g/mol. The number of imidazole rings is 1. The maximum atomic E-state index is 10.9. The average molecular weight is 166 g/mol. The number of nitrogens with zero attached hydrogens (tertiary/aromatic N) is 2. The number of nitrogens with one attached hydrogen (secondary N) is 1. The van der Waals surface area contributed by atoms with Crippen LogP contribution in [0.3, 0.4) is 0 Å². The highest BCUT2D eigenvalue weighted by Crippen LogP contribution is 2.13. The summed E-state index contributed by atoms with van der Waals surface area (Å²) >= 11 is 0. The van der Waals surface area contributed by atoms with Crippen LogP contribution >= 0.6 is 0 Å². The first-order valence-corrected chi connectivity index (χ1v) is 3.83. The summed E-state index contributed by atoms with van der Waals surface area (Å²) in [5.74, 6) is 0.343. The highest BCUT2D eigenvalue weighted by molar-refractivity contribution is 5.80. The van der Waals surface area contributed by atoms with Gasteiger partial charge in [-0.1, -0.05) is 0 Å². The Morgan fingerprint density at radius 1 is 1.83 bits per heavy atom. The Hall–Kier alpha value is -1.36. The van der Waals surface area contributed by atoms with Gasteiger partial charge in [0.25, 0.3) is 0 Å². The van der Waals surface area contributed by atoms with Crippen molar-refractivity contribution in [2.45, 2.75) is 12.6 Å². The van der Waals surface area contributed by atoms with Gasteiger partial charge in [0.15, 0.2) is 0 Å². The summed E-state index contributed by atoms with van der Waals surface area (Å²) in [6.45, 7) is 1.61. The predicted molar refractivity (Wildman–Crippen MR) is 42.2 cm³/mol. The number of amides is 1. The molecule has 1 aromatic rings. The molecule has 1 aliphatic heterocycles. The smallest absolute Gasteiger partial charge is 0.242 e. The Labute approximate surface area is 69.6 Å². The third-order valence-corrected chi connectivity index (χ3v) is 1.99. The normalized spacial score (nSPS) is 21.8. The van der Waals surface area contributed by atoms with Crippen LogP contribution in [0.2, 0.25) is 0 Å². The van der Waals surface area contributed by atoms with Crippen LogP contribution in [0.15, 0.2) is 12.4 Å². The third kappa shape index (κ3) is 0.984. The molecule has 5 nitrogen and oxygen atoms in total. The molecule has 1 amide bonds. The van der Waals surface area contributed by atoms with Crippen LogP contribution in [0.1, 0.15) is 11.9 Å². The zero-order valence-corrected chi connectivity index (χ0v) is 6.53. The second-order valence-electron chi connectivity index (χ2n) is 2.77. The van der Waals surface area contributed by atoms with Gasteiger partial charge in [-0.3, -0.25) is 10.1 Å². The van der Waals surface area contributed by atoms with E-state index in [1.807, 2.05) is 10.8 Å². The average Bonchev–Trinajstić information content (AvgIpc) is 2.49. The second kappa shape index (κ2) is 2.60. The van der Waals surface area contributed by atoms with Crippen LogP contribution in [0, 0.1) is 0 Å². The van der Waals surface area contributed by atoms with Gasteiger partial charge in [-0.15, -0.1) is 0 Å². The van der Waals surface area contributed by atoms with Gasteiger partial charge >= 0.3 is 0 Å². The minimum Gasteiger partial charge on any atom is -0.368 e. The van der Waals surface area contributed by atoms with E-state index >= 15 is 0 Å². The summed E-state index contributed by atoms with van der Waals surface area (Å²) in [5.41, 5.74) is 5.19. The predicted octanol–water partition coefficient (Wildman–Crippen LogP) is -0.987. The zero-order chi connectivity index (χ0) is 8.55. The van der Waals surface area contributed by atoms with E-state index in [9.17, 15) is 4.79 Å². The van der Waals surface area contributed by atoms with Crippen molar-refractivity contribution < 1.29 is 4.79 Å². The Morgan fingerprint density at radius 2 is 2.67 bits per heavy atom. The Bertz CT molecular complexity index is 306. The van der Waals surface area contributed by atoms with Crippen LogP contribution in [0.25, 0.3) is 0 Å². The molecular weight excluding hydrogens is 156 g/mol. The van der Waals surface area contributed by atoms with Gasteiger partial charge in [0.1, 0.15) is 11.9 Å². The van der Waals surface area contributed by atoms with Gasteiger partial charge in [-0.05, 0) is 0 Å². The van der Waals surface area contributed by atoms with Crippen molar-refractivity contribution in [2.75, 3.05) is 6.54 Å². The quantitative estimate of drug-likeness (QED) is 0.562. The van der Waals surface area contributed by atoms with E-state index in [0.29, 0.717) is 5.82 Å². The minimum atomic E-state index is -0.422. The first-order chi connectivity index (χ1) is 5.79. The van der Waals surface area contributed by atoms with Crippen LogP contribution in [-0.2, 0) is 11.3 Å². The summed E-state index contributed by atoms with van der Waals surface area (Å²) in [7, 11) is 0. The summed E-state index contributed by atoms with van der Waals surface area (Å²) in [6.07, 6.45) is 3.53. The molecule has 64 valence electrons. The fraction of sp³-hybridized carbons (Fsp3) is 0.429. The first-order valence-electron chi connectivity index (χ1n) is 3.83. The van der Waals surface area contributed by atoms with Crippen molar-refractivity contribution in [1.29, 1.82) is 0 Å². The Kier molecular flexibility index (Phi) is 1.58. The molecule has 1 unspecified atom stereocenters. The molecule has 1 atom stereocenters. The lowest BCUT2D eigenvalue weighted by Crippen LogP contribution is -2.41. The van der Waals surface area contributed by atoms with E-state index < -0.39 is 6.04 Å². The highest BCUT2D eigenvalue weighted by Gasteiger charge is 2.24. The zero-order valence-electron chi connectivity index (χ0n) is 6.53. The van der Waals surface area contributed by atoms with Gasteiger partial charge in [-0.2, -0.15) is 0 Å². The summed E-state index contributed by atoms with van der Waals surface area (Å²) in [4.78, 5) is 15.0. The van der Waals surface area contributed by atoms with Crippen LogP contribution in [0.4, 0.5) is 0 Å². The Morgan fingerprint density at radius 3 is 3.42 bits per heavy atom. The van der Waals surface area contributed by atoms with Crippen LogP contribution in [0.5, 0.6) is 0 Å². The fourth-order valence-corrected chi connectivity index (χ4v) is 1.42. The van der Waals surface area contributed by atoms with E-state index in [0.717, 1.165) is 13.1 Å². The summed E-state index contributed by atoms with van der Waals surface area (Å²) < 4.78 is 1.94. The number of rotatable bonds is 1. The molecule has 1 aromatic heterocycles. The largest absolute Gasteiger partial charge is 0.368 e. The summed E-state index contributed by atoms with van der Waals surface area (Å²) in [5, 5.41) is 3.00. The van der Waals surface area contributed by atoms with E-state index in [2.05, 4.69) is 10.3 Å². The van der Waals surface area contributed by atoms with E-state index in [4.69, 9.17) is 5.73 Å². The summed E-state index contributed by atoms with van der Waals surface area (Å²) in [6, 6.07) is -0.422. The fourth-order valence-electron chi connectivity index (χ4n) is 1.42. The van der Waals surface area contributed by atoms with Gasteiger partial charge < -0.3 is 10.3 Å². The van der Waals surface area contributed by atoms with Gasteiger partial charge in [0.2, 0.25) is 5.91 Å². The van der Waals surface area contributed by atoms with Crippen molar-refractivity contribution in [3.8, 4) is 0 Å². The molecule has 0 spiro atoms. The molecule has 0 bridgehead atoms. The lowest BCUT2D eigenvalue weighted by atomic mass is 10.2. The molecule has 3 N–H and O–H groups in total. The number of nitrogens with two attached hydrogens (primary N) is 1. The number of fused-ring (bicyclic) bond motifs is 1. The maximum absolute atomic E-state index is 10.9. The van der Waals surface area contributed by atoms with Gasteiger partial charge in [0, 0.05) is 25.5 Å². The van der Waals surface area contributed by atoms with Crippen molar-refractivity contribution in [3.63, 3.8) is 0 Å². The van der Waals surface area contributed by atoms with Gasteiger partial charge in [0.05, 0.1) is 0 Å². The molecular formula is C7H10N4O. The second-order valence-corrected chi connectivity index (χ2v) is 2.77. The van der Waals surface area contributed by atoms with Crippen molar-refractivity contribution in [2.24, 2.45) is 5.73 Å². The number of primary amides is 1. The topological polar surface area (TPSA) is 72.9 Å². The molecule has 1 aliphatic rings. The SMILES string of the molecule is NC(=O)C1NCCn2ccnc21. The molecule has 0 saturated carbocycles. The lowest BCUT2D eigenvalue weighted by molar-refractivity contribution is -0.120. The highest BCUT2D eigenvalue weighted by atomic mass is 16.1. The molecule has 0 fully saturated rings. The van der Waals surface area contributed by atoms with Gasteiger partial charge in [-0.25, -0.2) is 4.98 Å². The van der Waals surface area contributed by atoms with E-state index in [1.54, 1.807) is 6.20 Å². The van der Waals surface area contributed by atoms with Crippen molar-refractivity contribution in [3.05, 3.63) is 18.2 Å². The molecule has 0 radical (unpaired) electrons. The van der Waals surface area contributed by atoms with Crippen molar-refractivity contribution >= 4 is 5.91 Å². The number of hydrogen-bond donors (Lipinski definition) is 2. The third-order valence-electron chi connectivity index (χ3n) is 1.99. The maximum Gasteiger partial charge on any atom is 0.242 e. The standard InChI is InChI=1S/C7H10N4O/c8-6(12)5-7-10-2-4-11(7)3-1-9-5/h2,4-5,9H,1,3H2,(H2,8,12). The van der Waals surface area contributed by atoms with Crippen LogP contribution < -0.4 is 11.1 Å². The number of carbonyl (C=O) groups excluding carboxylic acids is 1. The minimum absolute atomic E-state index is 0.373. The van der Waals surface area contributed by atoms with E-state index in [1.165, 1.54) is 0 Å². The molecule has 2 heterocycles. The molecule has 12 heavy (non-hydrogen) atoms. The molecule has 2 rings (SSSR count). The molecule has 0 aliphatic carbocycles. The van der Waals surface area contributed by atoms with E-state index in [-0.39, 0.29) is 5.91 Å². The molecule has 0 aromatic carbocycles. The number of carbonyl (C=O) groups is 1. The lowest BCUT2D eigenvalue weighted by Gasteiger charge is -2.22.